The van der Waals surface area contributed by atoms with E-state index in [2.05, 4.69) is 36.2 Å². The van der Waals surface area contributed by atoms with Crippen molar-refractivity contribution in [3.8, 4) is 0 Å². The van der Waals surface area contributed by atoms with Crippen LogP contribution in [0.3, 0.4) is 0 Å². The lowest BCUT2D eigenvalue weighted by Gasteiger charge is -2.35. The molecule has 0 aromatic heterocycles. The van der Waals surface area contributed by atoms with Gasteiger partial charge < -0.3 is 15.1 Å². The van der Waals surface area contributed by atoms with Crippen molar-refractivity contribution in [1.82, 2.24) is 10.2 Å². The lowest BCUT2D eigenvalue weighted by molar-refractivity contribution is -0.137. The Morgan fingerprint density at radius 3 is 2.27 bits per heavy atom. The fourth-order valence-electron chi connectivity index (χ4n) is 4.76. The number of unbranched alkanes of at least 4 members (excludes halogenated alkanes) is 1. The van der Waals surface area contributed by atoms with Crippen LogP contribution in [0.4, 0.5) is 5.69 Å². The second kappa shape index (κ2) is 11.4. The van der Waals surface area contributed by atoms with Gasteiger partial charge in [0.25, 0.3) is 5.91 Å². The molecule has 1 aromatic rings. The zero-order valence-electron chi connectivity index (χ0n) is 18.9. The first-order valence-electron chi connectivity index (χ1n) is 12.1. The number of amides is 2. The van der Waals surface area contributed by atoms with Gasteiger partial charge in [-0.1, -0.05) is 32.6 Å². The Morgan fingerprint density at radius 1 is 1.00 bits per heavy atom. The number of likely N-dealkylation sites (tertiary alicyclic amines) is 1. The van der Waals surface area contributed by atoms with Gasteiger partial charge in [-0.25, -0.2) is 0 Å². The summed E-state index contributed by atoms with van der Waals surface area (Å²) in [7, 11) is 0. The van der Waals surface area contributed by atoms with E-state index in [0.29, 0.717) is 11.5 Å². The third-order valence-electron chi connectivity index (χ3n) is 6.75. The van der Waals surface area contributed by atoms with Gasteiger partial charge in [0.05, 0.1) is 0 Å². The molecule has 2 amide bonds. The number of piperidine rings is 1. The highest BCUT2D eigenvalue weighted by Gasteiger charge is 2.29. The summed E-state index contributed by atoms with van der Waals surface area (Å²) in [4.78, 5) is 29.8. The van der Waals surface area contributed by atoms with E-state index in [1.807, 2.05) is 17.0 Å². The number of hydrogen-bond donors (Lipinski definition) is 1. The largest absolute Gasteiger partial charge is 0.372 e. The van der Waals surface area contributed by atoms with E-state index in [9.17, 15) is 9.59 Å². The Kier molecular flexibility index (Phi) is 8.59. The third-order valence-corrected chi connectivity index (χ3v) is 6.75. The zero-order valence-corrected chi connectivity index (χ0v) is 18.9. The van der Waals surface area contributed by atoms with Crippen molar-refractivity contribution in [3.63, 3.8) is 0 Å². The maximum absolute atomic E-state index is 12.7. The van der Waals surface area contributed by atoms with Crippen LogP contribution >= 0.6 is 0 Å². The molecule has 1 aliphatic heterocycles. The van der Waals surface area contributed by atoms with Crippen molar-refractivity contribution in [2.75, 3.05) is 31.1 Å². The van der Waals surface area contributed by atoms with Crippen LogP contribution in [0.1, 0.15) is 82.0 Å². The highest BCUT2D eigenvalue weighted by Crippen LogP contribution is 2.26. The van der Waals surface area contributed by atoms with Crippen molar-refractivity contribution >= 4 is 17.5 Å². The summed E-state index contributed by atoms with van der Waals surface area (Å²) in [5.74, 6) is 0.581. The molecule has 1 saturated carbocycles. The lowest BCUT2D eigenvalue weighted by atomic mass is 9.87. The molecule has 2 aliphatic rings. The van der Waals surface area contributed by atoms with Gasteiger partial charge in [-0.2, -0.15) is 0 Å². The van der Waals surface area contributed by atoms with Crippen molar-refractivity contribution in [2.45, 2.75) is 77.7 Å². The van der Waals surface area contributed by atoms with E-state index >= 15 is 0 Å². The minimum atomic E-state index is -0.00443. The number of carbonyl (C=O) groups excluding carboxylic acids is 2. The predicted octanol–water partition coefficient (Wildman–Crippen LogP) is 4.61. The van der Waals surface area contributed by atoms with E-state index in [1.54, 1.807) is 0 Å². The molecular formula is C25H39N3O2. The van der Waals surface area contributed by atoms with Crippen molar-refractivity contribution in [1.29, 1.82) is 0 Å². The third kappa shape index (κ3) is 5.99. The Hall–Kier alpha value is -2.04. The molecule has 1 heterocycles. The number of nitrogens with zero attached hydrogens (tertiary/aromatic N) is 2. The number of anilines is 1. The van der Waals surface area contributed by atoms with Crippen LogP contribution in [0.2, 0.25) is 0 Å². The second-order valence-electron chi connectivity index (χ2n) is 8.89. The van der Waals surface area contributed by atoms with Gasteiger partial charge in [0, 0.05) is 49.4 Å². The molecule has 166 valence electrons. The van der Waals surface area contributed by atoms with E-state index in [-0.39, 0.29) is 17.9 Å². The van der Waals surface area contributed by atoms with Crippen LogP contribution in [0.5, 0.6) is 0 Å². The fourth-order valence-corrected chi connectivity index (χ4v) is 4.76. The Labute approximate surface area is 182 Å². The molecule has 3 rings (SSSR count). The molecule has 1 N–H and O–H groups in total. The van der Waals surface area contributed by atoms with E-state index in [4.69, 9.17) is 0 Å². The van der Waals surface area contributed by atoms with Crippen LogP contribution < -0.4 is 10.2 Å². The number of hydrogen-bond acceptors (Lipinski definition) is 3. The molecule has 0 bridgehead atoms. The summed E-state index contributed by atoms with van der Waals surface area (Å²) >= 11 is 0. The Balaban J connectivity index is 1.46. The van der Waals surface area contributed by atoms with Gasteiger partial charge in [0.1, 0.15) is 0 Å². The molecule has 0 unspecified atom stereocenters. The quantitative estimate of drug-likeness (QED) is 0.677. The Morgan fingerprint density at radius 2 is 1.67 bits per heavy atom. The Bertz CT molecular complexity index is 674. The monoisotopic (exact) mass is 413 g/mol. The molecule has 0 radical (unpaired) electrons. The number of benzene rings is 1. The van der Waals surface area contributed by atoms with Crippen LogP contribution in [0, 0.1) is 5.92 Å². The van der Waals surface area contributed by atoms with Gasteiger partial charge in [0.2, 0.25) is 5.91 Å². The smallest absolute Gasteiger partial charge is 0.251 e. The number of carbonyl (C=O) groups is 2. The number of nitrogens with one attached hydrogen (secondary N) is 1. The van der Waals surface area contributed by atoms with Crippen LogP contribution in [0.25, 0.3) is 0 Å². The van der Waals surface area contributed by atoms with E-state index in [1.165, 1.54) is 37.8 Å². The molecule has 0 spiro atoms. The second-order valence-corrected chi connectivity index (χ2v) is 8.89. The predicted molar refractivity (Wildman–Crippen MR) is 123 cm³/mol. The molecule has 5 nitrogen and oxygen atoms in total. The maximum atomic E-state index is 12.7. The normalized spacial score (nSPS) is 18.3. The SMILES string of the molecule is CCCCN(CC)c1ccc(C(=O)NC2CCN(C(=O)C3CCCCC3)CC2)cc1. The summed E-state index contributed by atoms with van der Waals surface area (Å²) in [5, 5.41) is 3.18. The van der Waals surface area contributed by atoms with Gasteiger partial charge in [0.15, 0.2) is 0 Å². The standard InChI is InChI=1S/C25H39N3O2/c1-3-5-17-27(4-2)23-13-11-20(12-14-23)24(29)26-22-15-18-28(19-16-22)25(30)21-9-7-6-8-10-21/h11-14,21-22H,3-10,15-19H2,1-2H3,(H,26,29). The minimum absolute atomic E-state index is 0.00443. The van der Waals surface area contributed by atoms with Gasteiger partial charge in [-0.05, 0) is 63.3 Å². The summed E-state index contributed by atoms with van der Waals surface area (Å²) in [6, 6.07) is 8.13. The van der Waals surface area contributed by atoms with Crippen molar-refractivity contribution < 1.29 is 9.59 Å². The molecule has 1 aliphatic carbocycles. The zero-order chi connectivity index (χ0) is 21.3. The van der Waals surface area contributed by atoms with Crippen molar-refractivity contribution in [3.05, 3.63) is 29.8 Å². The maximum Gasteiger partial charge on any atom is 0.251 e. The van der Waals surface area contributed by atoms with Gasteiger partial charge >= 0.3 is 0 Å². The highest BCUT2D eigenvalue weighted by atomic mass is 16.2. The van der Waals surface area contributed by atoms with Crippen LogP contribution in [-0.4, -0.2) is 48.9 Å². The first-order valence-corrected chi connectivity index (χ1v) is 12.1. The van der Waals surface area contributed by atoms with Gasteiger partial charge in [-0.3, -0.25) is 9.59 Å². The molecule has 5 heteroatoms. The van der Waals surface area contributed by atoms with E-state index < -0.39 is 0 Å². The highest BCUT2D eigenvalue weighted by molar-refractivity contribution is 5.94. The molecule has 2 fully saturated rings. The summed E-state index contributed by atoms with van der Waals surface area (Å²) in [6.07, 6.45) is 9.82. The van der Waals surface area contributed by atoms with Crippen molar-refractivity contribution in [2.24, 2.45) is 5.92 Å². The minimum Gasteiger partial charge on any atom is -0.372 e. The summed E-state index contributed by atoms with van der Waals surface area (Å²) in [6.45, 7) is 7.93. The average molecular weight is 414 g/mol. The fraction of sp³-hybridized carbons (Fsp3) is 0.680. The molecule has 1 aromatic carbocycles. The molecular weight excluding hydrogens is 374 g/mol. The van der Waals surface area contributed by atoms with Crippen LogP contribution in [0.15, 0.2) is 24.3 Å². The summed E-state index contributed by atoms with van der Waals surface area (Å²) < 4.78 is 0. The molecule has 30 heavy (non-hydrogen) atoms. The topological polar surface area (TPSA) is 52.7 Å². The van der Waals surface area contributed by atoms with E-state index in [0.717, 1.165) is 51.9 Å². The lowest BCUT2D eigenvalue weighted by Crippen LogP contribution is -2.48. The average Bonchev–Trinajstić information content (AvgIpc) is 2.80. The summed E-state index contributed by atoms with van der Waals surface area (Å²) in [5.41, 5.74) is 1.89. The van der Waals surface area contributed by atoms with Crippen LogP contribution in [-0.2, 0) is 4.79 Å². The molecule has 0 atom stereocenters. The van der Waals surface area contributed by atoms with Gasteiger partial charge in [-0.15, -0.1) is 0 Å². The first kappa shape index (κ1) is 22.6. The molecule has 1 saturated heterocycles. The number of rotatable bonds is 8. The first-order chi connectivity index (χ1) is 14.6.